The highest BCUT2D eigenvalue weighted by atomic mass is 32.1. The Labute approximate surface area is 133 Å². The number of hydrogen-bond acceptors (Lipinski definition) is 3. The van der Waals surface area contributed by atoms with Crippen LogP contribution in [-0.2, 0) is 0 Å². The van der Waals surface area contributed by atoms with E-state index in [1.165, 1.54) is 11.1 Å². The molecule has 0 amide bonds. The topological polar surface area (TPSA) is 34.9 Å². The first kappa shape index (κ1) is 14.5. The minimum absolute atomic E-state index is 0.0580. The number of benzene rings is 1. The van der Waals surface area contributed by atoms with Crippen molar-refractivity contribution in [1.82, 2.24) is 9.55 Å². The van der Waals surface area contributed by atoms with Gasteiger partial charge in [-0.15, -0.1) is 11.3 Å². The van der Waals surface area contributed by atoms with Crippen molar-refractivity contribution in [3.8, 4) is 0 Å². The van der Waals surface area contributed by atoms with Gasteiger partial charge in [-0.25, -0.2) is 0 Å². The van der Waals surface area contributed by atoms with Crippen molar-refractivity contribution in [3.63, 3.8) is 0 Å². The summed E-state index contributed by atoms with van der Waals surface area (Å²) >= 11 is 1.60. The van der Waals surface area contributed by atoms with Crippen molar-refractivity contribution in [2.24, 2.45) is 0 Å². The number of thiazole rings is 1. The predicted molar refractivity (Wildman–Crippen MR) is 91.0 cm³/mol. The second-order valence-corrected chi connectivity index (χ2v) is 5.66. The Morgan fingerprint density at radius 3 is 2.73 bits per heavy atom. The molecule has 1 atom stereocenters. The van der Waals surface area contributed by atoms with Crippen molar-refractivity contribution >= 4 is 17.4 Å². The lowest BCUT2D eigenvalue weighted by Gasteiger charge is -2.23. The van der Waals surface area contributed by atoms with Crippen LogP contribution in [0.2, 0.25) is 0 Å². The standard InChI is InChI=1S/C15H13NO.C3H3NS/c17-15-10-3-4-11-16(15)14-9-5-7-12-6-1-2-8-13(12)14;1-2-5-3-4-1/h1-8,10-11,14H,9H2;1-3H. The number of aromatic nitrogens is 2. The normalized spacial score (nSPS) is 15.5. The molecule has 0 aliphatic heterocycles. The second kappa shape index (κ2) is 7.00. The van der Waals surface area contributed by atoms with Gasteiger partial charge < -0.3 is 4.57 Å². The molecule has 110 valence electrons. The van der Waals surface area contributed by atoms with Crippen LogP contribution in [-0.4, -0.2) is 9.55 Å². The third-order valence-electron chi connectivity index (χ3n) is 3.55. The summed E-state index contributed by atoms with van der Waals surface area (Å²) in [5.74, 6) is 0. The molecule has 4 heteroatoms. The molecule has 0 fully saturated rings. The van der Waals surface area contributed by atoms with E-state index in [0.717, 1.165) is 6.42 Å². The van der Waals surface area contributed by atoms with Crippen molar-refractivity contribution in [3.05, 3.63) is 93.3 Å². The number of fused-ring (bicyclic) bond motifs is 1. The van der Waals surface area contributed by atoms with Crippen molar-refractivity contribution in [2.75, 3.05) is 0 Å². The first-order valence-corrected chi connectivity index (χ1v) is 8.05. The van der Waals surface area contributed by atoms with Gasteiger partial charge in [-0.1, -0.05) is 42.5 Å². The average Bonchev–Trinajstić information content (AvgIpc) is 3.15. The molecule has 1 aliphatic rings. The zero-order chi connectivity index (χ0) is 15.2. The molecule has 1 aliphatic carbocycles. The van der Waals surface area contributed by atoms with Gasteiger partial charge in [0.25, 0.3) is 5.56 Å². The third-order valence-corrected chi connectivity index (χ3v) is 4.07. The molecule has 1 aromatic carbocycles. The van der Waals surface area contributed by atoms with E-state index in [4.69, 9.17) is 0 Å². The number of nitrogens with zero attached hydrogens (tertiary/aromatic N) is 2. The smallest absolute Gasteiger partial charge is 0.251 e. The largest absolute Gasteiger partial charge is 0.308 e. The first-order valence-electron chi connectivity index (χ1n) is 7.11. The molecule has 2 aromatic heterocycles. The van der Waals surface area contributed by atoms with Gasteiger partial charge in [0.05, 0.1) is 11.6 Å². The van der Waals surface area contributed by atoms with Crippen molar-refractivity contribution in [1.29, 1.82) is 0 Å². The zero-order valence-electron chi connectivity index (χ0n) is 12.0. The van der Waals surface area contributed by atoms with E-state index in [9.17, 15) is 4.79 Å². The van der Waals surface area contributed by atoms with Crippen LogP contribution in [0.3, 0.4) is 0 Å². The van der Waals surface area contributed by atoms with E-state index in [-0.39, 0.29) is 11.6 Å². The molecule has 1 unspecified atom stereocenters. The molecular formula is C18H16N2OS. The Hall–Kier alpha value is -2.46. The number of hydrogen-bond donors (Lipinski definition) is 0. The summed E-state index contributed by atoms with van der Waals surface area (Å²) in [6, 6.07) is 13.7. The lowest BCUT2D eigenvalue weighted by molar-refractivity contribution is 0.567. The SMILES string of the molecule is O=c1ccccn1C1CC=Cc2ccccc21.c1cscn1. The van der Waals surface area contributed by atoms with Crippen molar-refractivity contribution in [2.45, 2.75) is 12.5 Å². The van der Waals surface area contributed by atoms with Crippen LogP contribution >= 0.6 is 11.3 Å². The summed E-state index contributed by atoms with van der Waals surface area (Å²) < 4.78 is 1.81. The molecule has 0 bridgehead atoms. The van der Waals surface area contributed by atoms with Crippen LogP contribution in [0.4, 0.5) is 0 Å². The lowest BCUT2D eigenvalue weighted by Crippen LogP contribution is -2.25. The van der Waals surface area contributed by atoms with E-state index < -0.39 is 0 Å². The summed E-state index contributed by atoms with van der Waals surface area (Å²) in [6.07, 6.45) is 8.76. The maximum atomic E-state index is 11.9. The summed E-state index contributed by atoms with van der Waals surface area (Å²) in [6.45, 7) is 0. The highest BCUT2D eigenvalue weighted by Crippen LogP contribution is 2.29. The van der Waals surface area contributed by atoms with Crippen LogP contribution in [0, 0.1) is 0 Å². The minimum atomic E-state index is 0.0580. The summed E-state index contributed by atoms with van der Waals surface area (Å²) in [7, 11) is 0. The molecule has 0 radical (unpaired) electrons. The van der Waals surface area contributed by atoms with E-state index in [1.807, 2.05) is 34.3 Å². The Balaban J connectivity index is 0.000000246. The monoisotopic (exact) mass is 308 g/mol. The van der Waals surface area contributed by atoms with Gasteiger partial charge in [0.15, 0.2) is 0 Å². The molecular weight excluding hydrogens is 292 g/mol. The van der Waals surface area contributed by atoms with Crippen LogP contribution in [0.25, 0.3) is 6.08 Å². The van der Waals surface area contributed by atoms with Crippen LogP contribution in [0.1, 0.15) is 23.6 Å². The Bertz CT molecular complexity index is 788. The molecule has 3 aromatic rings. The lowest BCUT2D eigenvalue weighted by atomic mass is 9.92. The summed E-state index contributed by atoms with van der Waals surface area (Å²) in [4.78, 5) is 15.6. The quantitative estimate of drug-likeness (QED) is 0.681. The van der Waals surface area contributed by atoms with Gasteiger partial charge >= 0.3 is 0 Å². The summed E-state index contributed by atoms with van der Waals surface area (Å²) in [5, 5.41) is 1.93. The Morgan fingerprint density at radius 2 is 2.00 bits per heavy atom. The van der Waals surface area contributed by atoms with E-state index in [1.54, 1.807) is 35.2 Å². The summed E-state index contributed by atoms with van der Waals surface area (Å²) in [5.41, 5.74) is 4.28. The van der Waals surface area contributed by atoms with Gasteiger partial charge in [-0.05, 0) is 23.6 Å². The first-order chi connectivity index (χ1) is 10.9. The van der Waals surface area contributed by atoms with Crippen molar-refractivity contribution < 1.29 is 0 Å². The maximum absolute atomic E-state index is 11.9. The van der Waals surface area contributed by atoms with Crippen LogP contribution in [0.5, 0.6) is 0 Å². The van der Waals surface area contributed by atoms with Crippen LogP contribution < -0.4 is 5.56 Å². The van der Waals surface area contributed by atoms with E-state index >= 15 is 0 Å². The number of pyridine rings is 1. The molecule has 0 N–H and O–H groups in total. The molecule has 0 saturated heterocycles. The van der Waals surface area contributed by atoms with E-state index in [2.05, 4.69) is 29.3 Å². The average molecular weight is 308 g/mol. The second-order valence-electron chi connectivity index (χ2n) is 4.90. The van der Waals surface area contributed by atoms with Gasteiger partial charge in [0, 0.05) is 23.8 Å². The minimum Gasteiger partial charge on any atom is -0.308 e. The molecule has 3 nitrogen and oxygen atoms in total. The van der Waals surface area contributed by atoms with Crippen LogP contribution in [0.15, 0.2) is 76.6 Å². The predicted octanol–water partition coefficient (Wildman–Crippen LogP) is 4.00. The fourth-order valence-corrected chi connectivity index (χ4v) is 2.90. The van der Waals surface area contributed by atoms with E-state index in [0.29, 0.717) is 0 Å². The highest BCUT2D eigenvalue weighted by Gasteiger charge is 2.18. The molecule has 0 spiro atoms. The number of rotatable bonds is 1. The zero-order valence-corrected chi connectivity index (χ0v) is 12.8. The fraction of sp³-hybridized carbons (Fsp3) is 0.111. The molecule has 4 rings (SSSR count). The molecule has 22 heavy (non-hydrogen) atoms. The molecule has 2 heterocycles. The Morgan fingerprint density at radius 1 is 1.14 bits per heavy atom. The fourth-order valence-electron chi connectivity index (χ4n) is 2.55. The maximum Gasteiger partial charge on any atom is 0.251 e. The third kappa shape index (κ3) is 3.23. The number of allylic oxidation sites excluding steroid dienone is 1. The molecule has 0 saturated carbocycles. The van der Waals surface area contributed by atoms with Gasteiger partial charge in [-0.2, -0.15) is 0 Å². The highest BCUT2D eigenvalue weighted by molar-refractivity contribution is 7.07. The van der Waals surface area contributed by atoms with Gasteiger partial charge in [-0.3, -0.25) is 9.78 Å². The Kier molecular flexibility index (Phi) is 4.61. The van der Waals surface area contributed by atoms with Gasteiger partial charge in [0.1, 0.15) is 0 Å². The van der Waals surface area contributed by atoms with Gasteiger partial charge in [0.2, 0.25) is 0 Å².